The van der Waals surface area contributed by atoms with Crippen LogP contribution in [0.5, 0.6) is 0 Å². The van der Waals surface area contributed by atoms with Gasteiger partial charge in [0.2, 0.25) is 0 Å². The summed E-state index contributed by atoms with van der Waals surface area (Å²) in [5, 5.41) is 0. The number of benzene rings is 1. The van der Waals surface area contributed by atoms with Crippen molar-refractivity contribution in [2.75, 3.05) is 11.5 Å². The summed E-state index contributed by atoms with van der Waals surface area (Å²) in [5.74, 6) is 0. The van der Waals surface area contributed by atoms with E-state index >= 15 is 0 Å². The molecule has 2 heteroatoms. The minimum atomic E-state index is 0.849. The molecular formula is C26H46N2. The maximum absolute atomic E-state index is 6.23. The predicted octanol–water partition coefficient (Wildman–Crippen LogP) is 8.05. The van der Waals surface area contributed by atoms with E-state index in [0.29, 0.717) is 0 Å². The molecule has 0 bridgehead atoms. The molecule has 0 fully saturated rings. The van der Waals surface area contributed by atoms with Gasteiger partial charge in [-0.15, -0.1) is 0 Å². The summed E-state index contributed by atoms with van der Waals surface area (Å²) in [4.78, 5) is 0. The zero-order valence-electron chi connectivity index (χ0n) is 19.0. The minimum absolute atomic E-state index is 0.849. The van der Waals surface area contributed by atoms with E-state index in [4.69, 9.17) is 11.5 Å². The van der Waals surface area contributed by atoms with Gasteiger partial charge in [0, 0.05) is 11.4 Å². The van der Waals surface area contributed by atoms with Crippen LogP contribution in [0.4, 0.5) is 11.4 Å². The monoisotopic (exact) mass is 386 g/mol. The van der Waals surface area contributed by atoms with Crippen LogP contribution in [-0.4, -0.2) is 0 Å². The molecule has 0 radical (unpaired) electrons. The topological polar surface area (TPSA) is 52.0 Å². The van der Waals surface area contributed by atoms with E-state index in [1.165, 1.54) is 95.5 Å². The molecule has 0 aliphatic heterocycles. The van der Waals surface area contributed by atoms with Crippen LogP contribution in [0.3, 0.4) is 0 Å². The standard InChI is InChI=1S/C26H46N2/c1-4-5-6-7-8-9-10-11-12-13-14-15-16-17-18-19-20-24-21-22(2)25(27)23(3)26(24)28/h11-12,21H,4-10,13-20,27-28H2,1-3H3/b12-11-. The van der Waals surface area contributed by atoms with Crippen LogP contribution < -0.4 is 11.5 Å². The van der Waals surface area contributed by atoms with Gasteiger partial charge in [0.15, 0.2) is 0 Å². The number of nitrogen functional groups attached to an aromatic ring is 2. The Morgan fingerprint density at radius 1 is 0.679 bits per heavy atom. The maximum atomic E-state index is 6.23. The molecule has 0 saturated carbocycles. The molecule has 0 unspecified atom stereocenters. The Bertz CT molecular complexity index is 560. The molecule has 1 aromatic carbocycles. The van der Waals surface area contributed by atoms with Crippen molar-refractivity contribution in [1.29, 1.82) is 0 Å². The SMILES string of the molecule is CCCCCCCC/C=C\CCCCCCCCc1cc(C)c(N)c(C)c1N. The van der Waals surface area contributed by atoms with Crippen molar-refractivity contribution in [3.8, 4) is 0 Å². The van der Waals surface area contributed by atoms with Gasteiger partial charge in [-0.25, -0.2) is 0 Å². The van der Waals surface area contributed by atoms with E-state index in [1.54, 1.807) is 0 Å². The van der Waals surface area contributed by atoms with Gasteiger partial charge in [0.1, 0.15) is 0 Å². The Morgan fingerprint density at radius 3 is 1.75 bits per heavy atom. The van der Waals surface area contributed by atoms with Crippen molar-refractivity contribution < 1.29 is 0 Å². The lowest BCUT2D eigenvalue weighted by Crippen LogP contribution is -2.03. The molecule has 0 aromatic heterocycles. The summed E-state index contributed by atoms with van der Waals surface area (Å²) in [6.07, 6.45) is 24.7. The summed E-state index contributed by atoms with van der Waals surface area (Å²) in [6, 6.07) is 2.18. The van der Waals surface area contributed by atoms with Crippen LogP contribution in [0.1, 0.15) is 114 Å². The second kappa shape index (κ2) is 15.5. The third-order valence-electron chi connectivity index (χ3n) is 5.93. The van der Waals surface area contributed by atoms with Crippen molar-refractivity contribution in [3.05, 3.63) is 34.9 Å². The van der Waals surface area contributed by atoms with Crippen LogP contribution in [0.25, 0.3) is 0 Å². The molecule has 0 heterocycles. The lowest BCUT2D eigenvalue weighted by molar-refractivity contribution is 0.596. The quantitative estimate of drug-likeness (QED) is 0.171. The van der Waals surface area contributed by atoms with Crippen molar-refractivity contribution in [2.24, 2.45) is 0 Å². The number of hydrogen-bond acceptors (Lipinski definition) is 2. The molecule has 28 heavy (non-hydrogen) atoms. The summed E-state index contributed by atoms with van der Waals surface area (Å²) < 4.78 is 0. The van der Waals surface area contributed by atoms with Gasteiger partial charge in [-0.3, -0.25) is 0 Å². The number of nitrogens with two attached hydrogens (primary N) is 2. The van der Waals surface area contributed by atoms with Crippen LogP contribution in [0.2, 0.25) is 0 Å². The summed E-state index contributed by atoms with van der Waals surface area (Å²) >= 11 is 0. The Hall–Kier alpha value is -1.44. The highest BCUT2D eigenvalue weighted by molar-refractivity contribution is 5.68. The molecule has 4 N–H and O–H groups in total. The molecule has 0 amide bonds. The fourth-order valence-corrected chi connectivity index (χ4v) is 3.87. The van der Waals surface area contributed by atoms with Gasteiger partial charge in [-0.1, -0.05) is 82.9 Å². The smallest absolute Gasteiger partial charge is 0.0397 e. The van der Waals surface area contributed by atoms with Crippen molar-refractivity contribution in [2.45, 2.75) is 117 Å². The zero-order valence-corrected chi connectivity index (χ0v) is 19.0. The molecule has 0 atom stereocenters. The minimum Gasteiger partial charge on any atom is -0.398 e. The number of hydrogen-bond donors (Lipinski definition) is 2. The van der Waals surface area contributed by atoms with Crippen LogP contribution in [0, 0.1) is 13.8 Å². The third-order valence-corrected chi connectivity index (χ3v) is 5.93. The summed E-state index contributed by atoms with van der Waals surface area (Å²) in [7, 11) is 0. The van der Waals surface area contributed by atoms with E-state index in [2.05, 4.69) is 32.1 Å². The van der Waals surface area contributed by atoms with Crippen LogP contribution in [-0.2, 0) is 6.42 Å². The average Bonchev–Trinajstić information content (AvgIpc) is 2.69. The number of rotatable bonds is 16. The largest absolute Gasteiger partial charge is 0.398 e. The van der Waals surface area contributed by atoms with E-state index in [9.17, 15) is 0 Å². The maximum Gasteiger partial charge on any atom is 0.0397 e. The normalized spacial score (nSPS) is 11.5. The first kappa shape index (κ1) is 24.6. The Labute approximate surface area is 175 Å². The molecule has 0 aliphatic carbocycles. The molecule has 1 aromatic rings. The first-order valence-corrected chi connectivity index (χ1v) is 11.9. The molecule has 0 saturated heterocycles. The predicted molar refractivity (Wildman–Crippen MR) is 128 cm³/mol. The van der Waals surface area contributed by atoms with Crippen LogP contribution >= 0.6 is 0 Å². The lowest BCUT2D eigenvalue weighted by atomic mass is 9.97. The molecule has 160 valence electrons. The molecule has 1 rings (SSSR count). The number of anilines is 2. The Kier molecular flexibility index (Phi) is 13.6. The molecule has 2 nitrogen and oxygen atoms in total. The van der Waals surface area contributed by atoms with Gasteiger partial charge in [0.05, 0.1) is 0 Å². The van der Waals surface area contributed by atoms with Gasteiger partial charge in [-0.2, -0.15) is 0 Å². The fraction of sp³-hybridized carbons (Fsp3) is 0.692. The van der Waals surface area contributed by atoms with E-state index in [-0.39, 0.29) is 0 Å². The highest BCUT2D eigenvalue weighted by Crippen LogP contribution is 2.27. The summed E-state index contributed by atoms with van der Waals surface area (Å²) in [6.45, 7) is 6.39. The second-order valence-electron chi connectivity index (χ2n) is 8.49. The van der Waals surface area contributed by atoms with Gasteiger partial charge in [0.25, 0.3) is 0 Å². The van der Waals surface area contributed by atoms with Gasteiger partial charge < -0.3 is 11.5 Å². The van der Waals surface area contributed by atoms with Crippen LogP contribution in [0.15, 0.2) is 18.2 Å². The number of aryl methyl sites for hydroxylation is 2. The van der Waals surface area contributed by atoms with E-state index in [1.807, 2.05) is 6.92 Å². The van der Waals surface area contributed by atoms with Crippen molar-refractivity contribution in [3.63, 3.8) is 0 Å². The molecular weight excluding hydrogens is 340 g/mol. The number of allylic oxidation sites excluding steroid dienone is 2. The third kappa shape index (κ3) is 10.2. The van der Waals surface area contributed by atoms with Crippen molar-refractivity contribution >= 4 is 11.4 Å². The molecule has 0 spiro atoms. The highest BCUT2D eigenvalue weighted by atomic mass is 14.6. The fourth-order valence-electron chi connectivity index (χ4n) is 3.87. The van der Waals surface area contributed by atoms with E-state index < -0.39 is 0 Å². The first-order chi connectivity index (χ1) is 13.6. The first-order valence-electron chi connectivity index (χ1n) is 11.9. The Balaban J connectivity index is 1.97. The Morgan fingerprint density at radius 2 is 1.18 bits per heavy atom. The molecule has 0 aliphatic rings. The van der Waals surface area contributed by atoms with E-state index in [0.717, 1.165) is 28.9 Å². The van der Waals surface area contributed by atoms with Gasteiger partial charge in [-0.05, 0) is 69.1 Å². The summed E-state index contributed by atoms with van der Waals surface area (Å²) in [5.41, 5.74) is 17.5. The average molecular weight is 387 g/mol. The van der Waals surface area contributed by atoms with Gasteiger partial charge >= 0.3 is 0 Å². The lowest BCUT2D eigenvalue weighted by Gasteiger charge is -2.13. The highest BCUT2D eigenvalue weighted by Gasteiger charge is 2.08. The van der Waals surface area contributed by atoms with Crippen molar-refractivity contribution in [1.82, 2.24) is 0 Å². The zero-order chi connectivity index (χ0) is 20.6. The number of unbranched alkanes of at least 4 members (excludes halogenated alkanes) is 12. The second-order valence-corrected chi connectivity index (χ2v) is 8.49.